The van der Waals surface area contributed by atoms with Gasteiger partial charge in [0.1, 0.15) is 0 Å². The van der Waals surface area contributed by atoms with E-state index in [0.29, 0.717) is 13.0 Å². The first-order valence-electron chi connectivity index (χ1n) is 5.23. The second-order valence-electron chi connectivity index (χ2n) is 3.39. The molecule has 0 aromatic carbocycles. The van der Waals surface area contributed by atoms with Gasteiger partial charge in [0.15, 0.2) is 0 Å². The van der Waals surface area contributed by atoms with Crippen LogP contribution < -0.4 is 11.1 Å². The molecule has 4 nitrogen and oxygen atoms in total. The number of carbonyl (C=O) groups excluding carboxylic acids is 1. The summed E-state index contributed by atoms with van der Waals surface area (Å²) >= 11 is 0. The Hall–Kier alpha value is -1.42. The lowest BCUT2D eigenvalue weighted by atomic mass is 10.2. The third-order valence-electron chi connectivity index (χ3n) is 2.05. The highest BCUT2D eigenvalue weighted by Gasteiger charge is 2.01. The van der Waals surface area contributed by atoms with E-state index in [4.69, 9.17) is 5.73 Å². The van der Waals surface area contributed by atoms with Crippen molar-refractivity contribution in [3.8, 4) is 0 Å². The van der Waals surface area contributed by atoms with Crippen molar-refractivity contribution in [2.45, 2.75) is 25.7 Å². The summed E-state index contributed by atoms with van der Waals surface area (Å²) in [6.07, 6.45) is 6.75. The molecule has 3 N–H and O–H groups in total. The molecule has 0 unspecified atom stereocenters. The van der Waals surface area contributed by atoms with Crippen LogP contribution in [-0.4, -0.2) is 17.4 Å². The normalized spacial score (nSPS) is 9.93. The fraction of sp³-hybridized carbons (Fsp3) is 0.455. The van der Waals surface area contributed by atoms with E-state index in [1.165, 1.54) is 0 Å². The first-order chi connectivity index (χ1) is 7.33. The third kappa shape index (κ3) is 5.12. The minimum atomic E-state index is 0.0417. The van der Waals surface area contributed by atoms with Gasteiger partial charge < -0.3 is 11.1 Å². The number of hydrogen-bond acceptors (Lipinski definition) is 3. The highest BCUT2D eigenvalue weighted by atomic mass is 16.1. The van der Waals surface area contributed by atoms with Crippen LogP contribution >= 0.6 is 0 Å². The van der Waals surface area contributed by atoms with Gasteiger partial charge >= 0.3 is 0 Å². The number of nitrogens with zero attached hydrogens (tertiary/aromatic N) is 1. The number of nitrogens with two attached hydrogens (primary N) is 1. The first-order valence-corrected chi connectivity index (χ1v) is 5.23. The summed E-state index contributed by atoms with van der Waals surface area (Å²) in [4.78, 5) is 15.3. The van der Waals surface area contributed by atoms with Crippen LogP contribution in [-0.2, 0) is 4.79 Å². The molecule has 0 saturated heterocycles. The smallest absolute Gasteiger partial charge is 0.224 e. The SMILES string of the molecule is NCCCCCC(=O)Nc1cccnc1. The molecule has 1 amide bonds. The second kappa shape index (κ2) is 6.95. The zero-order valence-corrected chi connectivity index (χ0v) is 8.78. The van der Waals surface area contributed by atoms with E-state index in [-0.39, 0.29) is 5.91 Å². The monoisotopic (exact) mass is 207 g/mol. The predicted octanol–water partition coefficient (Wildman–Crippen LogP) is 1.54. The van der Waals surface area contributed by atoms with Crippen molar-refractivity contribution < 1.29 is 4.79 Å². The molecular formula is C11H17N3O. The van der Waals surface area contributed by atoms with Crippen LogP contribution in [0.2, 0.25) is 0 Å². The lowest BCUT2D eigenvalue weighted by molar-refractivity contribution is -0.116. The molecule has 0 aliphatic carbocycles. The summed E-state index contributed by atoms with van der Waals surface area (Å²) in [7, 11) is 0. The Morgan fingerprint density at radius 3 is 2.93 bits per heavy atom. The lowest BCUT2D eigenvalue weighted by Gasteiger charge is -2.03. The lowest BCUT2D eigenvalue weighted by Crippen LogP contribution is -2.11. The number of hydrogen-bond donors (Lipinski definition) is 2. The maximum absolute atomic E-state index is 11.4. The number of amides is 1. The van der Waals surface area contributed by atoms with Gasteiger partial charge in [0, 0.05) is 12.6 Å². The molecule has 15 heavy (non-hydrogen) atoms. The fourth-order valence-corrected chi connectivity index (χ4v) is 1.27. The number of anilines is 1. The molecule has 1 aromatic heterocycles. The maximum atomic E-state index is 11.4. The van der Waals surface area contributed by atoms with Crippen LogP contribution in [0.5, 0.6) is 0 Å². The number of aromatic nitrogens is 1. The van der Waals surface area contributed by atoms with Crippen LogP contribution in [0.25, 0.3) is 0 Å². The van der Waals surface area contributed by atoms with Gasteiger partial charge in [0.2, 0.25) is 5.91 Å². The quantitative estimate of drug-likeness (QED) is 0.695. The van der Waals surface area contributed by atoms with Gasteiger partial charge in [-0.3, -0.25) is 9.78 Å². The highest BCUT2D eigenvalue weighted by Crippen LogP contribution is 2.05. The molecule has 1 aromatic rings. The zero-order valence-electron chi connectivity index (χ0n) is 8.78. The van der Waals surface area contributed by atoms with Crippen molar-refractivity contribution in [1.82, 2.24) is 4.98 Å². The molecular weight excluding hydrogens is 190 g/mol. The molecule has 0 spiro atoms. The van der Waals surface area contributed by atoms with E-state index in [1.54, 1.807) is 18.5 Å². The average molecular weight is 207 g/mol. The van der Waals surface area contributed by atoms with Gasteiger partial charge in [-0.1, -0.05) is 6.42 Å². The Labute approximate surface area is 89.9 Å². The summed E-state index contributed by atoms with van der Waals surface area (Å²) in [5.74, 6) is 0.0417. The zero-order chi connectivity index (χ0) is 10.9. The van der Waals surface area contributed by atoms with Crippen molar-refractivity contribution in [2.24, 2.45) is 5.73 Å². The van der Waals surface area contributed by atoms with Crippen molar-refractivity contribution in [3.05, 3.63) is 24.5 Å². The van der Waals surface area contributed by atoms with Crippen molar-refractivity contribution >= 4 is 11.6 Å². The topological polar surface area (TPSA) is 68.0 Å². The first kappa shape index (κ1) is 11.7. The van der Waals surface area contributed by atoms with Gasteiger partial charge in [-0.25, -0.2) is 0 Å². The number of pyridine rings is 1. The highest BCUT2D eigenvalue weighted by molar-refractivity contribution is 5.90. The standard InChI is InChI=1S/C11H17N3O/c12-7-3-1-2-6-11(15)14-10-5-4-8-13-9-10/h4-5,8-9H,1-3,6-7,12H2,(H,14,15). The summed E-state index contributed by atoms with van der Waals surface area (Å²) < 4.78 is 0. The molecule has 82 valence electrons. The van der Waals surface area contributed by atoms with E-state index >= 15 is 0 Å². The maximum Gasteiger partial charge on any atom is 0.224 e. The predicted molar refractivity (Wildman–Crippen MR) is 60.4 cm³/mol. The second-order valence-corrected chi connectivity index (χ2v) is 3.39. The molecule has 0 saturated carbocycles. The summed E-state index contributed by atoms with van der Waals surface area (Å²) in [6.45, 7) is 0.699. The Morgan fingerprint density at radius 1 is 1.40 bits per heavy atom. The fourth-order valence-electron chi connectivity index (χ4n) is 1.27. The van der Waals surface area contributed by atoms with E-state index in [1.807, 2.05) is 6.07 Å². The molecule has 0 aliphatic rings. The third-order valence-corrected chi connectivity index (χ3v) is 2.05. The number of nitrogens with one attached hydrogen (secondary N) is 1. The molecule has 0 radical (unpaired) electrons. The van der Waals surface area contributed by atoms with E-state index < -0.39 is 0 Å². The van der Waals surface area contributed by atoms with E-state index in [9.17, 15) is 4.79 Å². The van der Waals surface area contributed by atoms with E-state index in [2.05, 4.69) is 10.3 Å². The number of unbranched alkanes of at least 4 members (excludes halogenated alkanes) is 2. The Kier molecular flexibility index (Phi) is 5.40. The summed E-state index contributed by atoms with van der Waals surface area (Å²) in [5, 5.41) is 2.79. The average Bonchev–Trinajstić information content (AvgIpc) is 2.26. The number of carbonyl (C=O) groups is 1. The van der Waals surface area contributed by atoms with Crippen molar-refractivity contribution in [3.63, 3.8) is 0 Å². The van der Waals surface area contributed by atoms with Gasteiger partial charge in [0.05, 0.1) is 11.9 Å². The van der Waals surface area contributed by atoms with Crippen LogP contribution in [0.15, 0.2) is 24.5 Å². The Bertz CT molecular complexity index is 287. The van der Waals surface area contributed by atoms with E-state index in [0.717, 1.165) is 24.9 Å². The molecule has 0 fully saturated rings. The Balaban J connectivity index is 2.19. The molecule has 1 heterocycles. The van der Waals surface area contributed by atoms with Gasteiger partial charge in [-0.15, -0.1) is 0 Å². The van der Waals surface area contributed by atoms with Crippen LogP contribution in [0, 0.1) is 0 Å². The van der Waals surface area contributed by atoms with Gasteiger partial charge in [0.25, 0.3) is 0 Å². The molecule has 4 heteroatoms. The molecule has 0 bridgehead atoms. The van der Waals surface area contributed by atoms with Gasteiger partial charge in [-0.05, 0) is 31.5 Å². The summed E-state index contributed by atoms with van der Waals surface area (Å²) in [6, 6.07) is 3.62. The minimum Gasteiger partial charge on any atom is -0.330 e. The number of rotatable bonds is 6. The summed E-state index contributed by atoms with van der Waals surface area (Å²) in [5.41, 5.74) is 6.11. The Morgan fingerprint density at radius 2 is 2.27 bits per heavy atom. The molecule has 1 rings (SSSR count). The van der Waals surface area contributed by atoms with Crippen LogP contribution in [0.1, 0.15) is 25.7 Å². The molecule has 0 atom stereocenters. The van der Waals surface area contributed by atoms with Crippen molar-refractivity contribution in [1.29, 1.82) is 0 Å². The van der Waals surface area contributed by atoms with Crippen LogP contribution in [0.4, 0.5) is 5.69 Å². The van der Waals surface area contributed by atoms with Gasteiger partial charge in [-0.2, -0.15) is 0 Å². The van der Waals surface area contributed by atoms with Crippen LogP contribution in [0.3, 0.4) is 0 Å². The largest absolute Gasteiger partial charge is 0.330 e. The van der Waals surface area contributed by atoms with Crippen molar-refractivity contribution in [2.75, 3.05) is 11.9 Å². The molecule has 0 aliphatic heterocycles. The minimum absolute atomic E-state index is 0.0417.